The molecule has 1 aromatic carbocycles. The average Bonchev–Trinajstić information content (AvgIpc) is 3.57. The molecule has 0 bridgehead atoms. The van der Waals surface area contributed by atoms with Crippen molar-refractivity contribution in [3.8, 4) is 5.75 Å². The number of carbonyl (C=O) groups is 1. The van der Waals surface area contributed by atoms with Gasteiger partial charge in [0.15, 0.2) is 5.96 Å². The summed E-state index contributed by atoms with van der Waals surface area (Å²) in [4.78, 5) is 20.2. The first kappa shape index (κ1) is 19.7. The minimum Gasteiger partial charge on any atom is -0.493 e. The minimum absolute atomic E-state index is 0.139. The van der Waals surface area contributed by atoms with Crippen LogP contribution in [0.4, 0.5) is 0 Å². The summed E-state index contributed by atoms with van der Waals surface area (Å²) in [6.07, 6.45) is 5.73. The van der Waals surface area contributed by atoms with Crippen LogP contribution in [-0.2, 0) is 6.54 Å². The second-order valence-corrected chi connectivity index (χ2v) is 6.71. The van der Waals surface area contributed by atoms with Crippen molar-refractivity contribution in [3.63, 3.8) is 0 Å². The number of aliphatic imine (C=N–C) groups is 1. The monoisotopic (exact) mass is 381 g/mol. The Labute approximate surface area is 165 Å². The summed E-state index contributed by atoms with van der Waals surface area (Å²) in [5.41, 5.74) is 1.64. The van der Waals surface area contributed by atoms with Gasteiger partial charge in [0.2, 0.25) is 0 Å². The number of carbonyl (C=O) groups excluding carboxylic acids is 1. The minimum atomic E-state index is -0.139. The SMILES string of the molecule is CN=C(NCCNC(=O)c1cccnc1)NCc1ccccc1OCC1CC1. The quantitative estimate of drug-likeness (QED) is 0.351. The molecule has 1 aliphatic rings. The molecule has 0 unspecified atom stereocenters. The molecule has 7 heteroatoms. The number of nitrogens with one attached hydrogen (secondary N) is 3. The summed E-state index contributed by atoms with van der Waals surface area (Å²) >= 11 is 0. The van der Waals surface area contributed by atoms with Crippen LogP contribution in [0, 0.1) is 5.92 Å². The fourth-order valence-electron chi connectivity index (χ4n) is 2.64. The molecule has 7 nitrogen and oxygen atoms in total. The van der Waals surface area contributed by atoms with Gasteiger partial charge in [-0.1, -0.05) is 18.2 Å². The average molecular weight is 381 g/mol. The summed E-state index contributed by atoms with van der Waals surface area (Å²) in [6.45, 7) is 2.45. The molecule has 0 saturated heterocycles. The number of rotatable bonds is 9. The molecule has 1 amide bonds. The van der Waals surface area contributed by atoms with Crippen molar-refractivity contribution in [2.45, 2.75) is 19.4 Å². The van der Waals surface area contributed by atoms with Crippen molar-refractivity contribution in [2.75, 3.05) is 26.7 Å². The first-order chi connectivity index (χ1) is 13.8. The Balaban J connectivity index is 1.39. The number of guanidine groups is 1. The lowest BCUT2D eigenvalue weighted by Gasteiger charge is -2.15. The molecule has 28 heavy (non-hydrogen) atoms. The molecule has 1 heterocycles. The van der Waals surface area contributed by atoms with E-state index in [4.69, 9.17) is 4.74 Å². The number of amides is 1. The smallest absolute Gasteiger partial charge is 0.252 e. The molecule has 2 aromatic rings. The Kier molecular flexibility index (Phi) is 7.23. The zero-order valence-electron chi connectivity index (χ0n) is 16.1. The number of hydrogen-bond donors (Lipinski definition) is 3. The van der Waals surface area contributed by atoms with E-state index >= 15 is 0 Å². The highest BCUT2D eigenvalue weighted by atomic mass is 16.5. The Bertz CT molecular complexity index is 790. The predicted molar refractivity (Wildman–Crippen MR) is 109 cm³/mol. The van der Waals surface area contributed by atoms with E-state index in [0.29, 0.717) is 31.2 Å². The van der Waals surface area contributed by atoms with Crippen molar-refractivity contribution < 1.29 is 9.53 Å². The molecule has 0 atom stereocenters. The summed E-state index contributed by atoms with van der Waals surface area (Å²) in [5, 5.41) is 9.33. The molecular weight excluding hydrogens is 354 g/mol. The number of hydrogen-bond acceptors (Lipinski definition) is 4. The van der Waals surface area contributed by atoms with Crippen molar-refractivity contribution >= 4 is 11.9 Å². The zero-order chi connectivity index (χ0) is 19.6. The van der Waals surface area contributed by atoms with Crippen molar-refractivity contribution in [2.24, 2.45) is 10.9 Å². The summed E-state index contributed by atoms with van der Waals surface area (Å²) in [6, 6.07) is 11.5. The Hall–Kier alpha value is -3.09. The maximum atomic E-state index is 12.0. The van der Waals surface area contributed by atoms with Crippen molar-refractivity contribution in [1.82, 2.24) is 20.9 Å². The van der Waals surface area contributed by atoms with Gasteiger partial charge in [-0.3, -0.25) is 14.8 Å². The number of pyridine rings is 1. The second-order valence-electron chi connectivity index (χ2n) is 6.71. The Morgan fingerprint density at radius 2 is 1.96 bits per heavy atom. The van der Waals surface area contributed by atoms with Gasteiger partial charge in [0, 0.05) is 44.6 Å². The molecule has 0 radical (unpaired) electrons. The van der Waals surface area contributed by atoms with Crippen LogP contribution in [0.25, 0.3) is 0 Å². The van der Waals surface area contributed by atoms with Crippen LogP contribution in [0.15, 0.2) is 53.8 Å². The van der Waals surface area contributed by atoms with Crippen LogP contribution in [-0.4, -0.2) is 43.6 Å². The molecule has 1 aliphatic carbocycles. The summed E-state index contributed by atoms with van der Waals surface area (Å²) < 4.78 is 5.94. The first-order valence-corrected chi connectivity index (χ1v) is 9.59. The van der Waals surface area contributed by atoms with Gasteiger partial charge < -0.3 is 20.7 Å². The lowest BCUT2D eigenvalue weighted by Crippen LogP contribution is -2.41. The molecule has 3 N–H and O–H groups in total. The third-order valence-corrected chi connectivity index (χ3v) is 4.44. The van der Waals surface area contributed by atoms with Crippen LogP contribution in [0.3, 0.4) is 0 Å². The zero-order valence-corrected chi connectivity index (χ0v) is 16.1. The van der Waals surface area contributed by atoms with E-state index in [1.165, 1.54) is 12.8 Å². The van der Waals surface area contributed by atoms with E-state index < -0.39 is 0 Å². The van der Waals surface area contributed by atoms with Gasteiger partial charge in [-0.25, -0.2) is 0 Å². The molecule has 1 aromatic heterocycles. The van der Waals surface area contributed by atoms with Gasteiger partial charge in [-0.05, 0) is 37.0 Å². The molecule has 148 valence electrons. The Morgan fingerprint density at radius 3 is 2.71 bits per heavy atom. The lowest BCUT2D eigenvalue weighted by molar-refractivity contribution is 0.0954. The second kappa shape index (κ2) is 10.3. The third-order valence-electron chi connectivity index (χ3n) is 4.44. The van der Waals surface area contributed by atoms with Gasteiger partial charge in [0.25, 0.3) is 5.91 Å². The highest BCUT2D eigenvalue weighted by Gasteiger charge is 2.22. The summed E-state index contributed by atoms with van der Waals surface area (Å²) in [5.74, 6) is 2.17. The maximum Gasteiger partial charge on any atom is 0.252 e. The van der Waals surface area contributed by atoms with E-state index in [2.05, 4.69) is 32.0 Å². The standard InChI is InChI=1S/C21H27N5O2/c1-22-21(25-12-11-24-20(27)18-6-4-10-23-13-18)26-14-17-5-2-3-7-19(17)28-15-16-8-9-16/h2-7,10,13,16H,8-9,11-12,14-15H2,1H3,(H,24,27)(H2,22,25,26). The highest BCUT2D eigenvalue weighted by Crippen LogP contribution is 2.30. The maximum absolute atomic E-state index is 12.0. The molecule has 1 fully saturated rings. The van der Waals surface area contributed by atoms with Crippen LogP contribution in [0.1, 0.15) is 28.8 Å². The summed E-state index contributed by atoms with van der Waals surface area (Å²) in [7, 11) is 1.72. The normalized spacial score (nSPS) is 13.7. The van der Waals surface area contributed by atoms with Crippen LogP contribution in [0.5, 0.6) is 5.75 Å². The van der Waals surface area contributed by atoms with E-state index in [0.717, 1.165) is 23.8 Å². The van der Waals surface area contributed by atoms with Crippen LogP contribution < -0.4 is 20.7 Å². The van der Waals surface area contributed by atoms with Gasteiger partial charge in [0.05, 0.1) is 12.2 Å². The number of ether oxygens (including phenoxy) is 1. The molecule has 1 saturated carbocycles. The fraction of sp³-hybridized carbons (Fsp3) is 0.381. The van der Waals surface area contributed by atoms with Crippen molar-refractivity contribution in [1.29, 1.82) is 0 Å². The van der Waals surface area contributed by atoms with E-state index in [9.17, 15) is 4.79 Å². The van der Waals surface area contributed by atoms with Gasteiger partial charge in [0.1, 0.15) is 5.75 Å². The molecule has 3 rings (SSSR count). The van der Waals surface area contributed by atoms with E-state index in [1.54, 1.807) is 31.6 Å². The van der Waals surface area contributed by atoms with Gasteiger partial charge >= 0.3 is 0 Å². The third kappa shape index (κ3) is 6.26. The highest BCUT2D eigenvalue weighted by molar-refractivity contribution is 5.93. The van der Waals surface area contributed by atoms with Crippen molar-refractivity contribution in [3.05, 3.63) is 59.9 Å². The fourth-order valence-corrected chi connectivity index (χ4v) is 2.64. The van der Waals surface area contributed by atoms with E-state index in [1.807, 2.05) is 18.2 Å². The Morgan fingerprint density at radius 1 is 1.14 bits per heavy atom. The molecule has 0 spiro atoms. The largest absolute Gasteiger partial charge is 0.493 e. The van der Waals surface area contributed by atoms with Crippen LogP contribution in [0.2, 0.25) is 0 Å². The number of nitrogens with zero attached hydrogens (tertiary/aromatic N) is 2. The topological polar surface area (TPSA) is 87.6 Å². The van der Waals surface area contributed by atoms with Crippen LogP contribution >= 0.6 is 0 Å². The number of aromatic nitrogens is 1. The van der Waals surface area contributed by atoms with Gasteiger partial charge in [-0.2, -0.15) is 0 Å². The molecule has 0 aliphatic heterocycles. The number of para-hydroxylation sites is 1. The molecular formula is C21H27N5O2. The van der Waals surface area contributed by atoms with E-state index in [-0.39, 0.29) is 5.91 Å². The predicted octanol–water partition coefficient (Wildman–Crippen LogP) is 1.97. The lowest BCUT2D eigenvalue weighted by atomic mass is 10.2. The van der Waals surface area contributed by atoms with Gasteiger partial charge in [-0.15, -0.1) is 0 Å². The number of benzene rings is 1. The first-order valence-electron chi connectivity index (χ1n) is 9.59.